The topological polar surface area (TPSA) is 60.8 Å². The first kappa shape index (κ1) is 28.4. The maximum atomic E-state index is 12.0. The molecule has 1 saturated heterocycles. The quantitative estimate of drug-likeness (QED) is 0.224. The molecule has 0 aromatic rings. The molecule has 1 atom stereocenters. The Labute approximate surface area is 193 Å². The second-order valence-corrected chi connectivity index (χ2v) is 11.4. The van der Waals surface area contributed by atoms with E-state index in [1.54, 1.807) is 0 Å². The lowest BCUT2D eigenvalue weighted by Gasteiger charge is -2.52. The molecule has 0 bridgehead atoms. The molecule has 1 fully saturated rings. The van der Waals surface area contributed by atoms with Crippen LogP contribution in [0.2, 0.25) is 0 Å². The summed E-state index contributed by atoms with van der Waals surface area (Å²) in [4.78, 5) is 12.0. The normalized spacial score (nSPS) is 20.1. The fraction of sp³-hybridized carbons (Fsp3) is 0.963. The number of rotatable bonds is 17. The van der Waals surface area contributed by atoms with E-state index >= 15 is 0 Å². The molecular weight excluding hydrogens is 386 g/mol. The Morgan fingerprint density at radius 2 is 1.13 bits per heavy atom. The molecule has 1 aliphatic heterocycles. The van der Waals surface area contributed by atoms with Crippen molar-refractivity contribution in [3.8, 4) is 0 Å². The van der Waals surface area contributed by atoms with E-state index < -0.39 is 5.97 Å². The van der Waals surface area contributed by atoms with Gasteiger partial charge < -0.3 is 10.3 Å². The highest BCUT2D eigenvalue weighted by atomic mass is 16.5. The molecule has 4 heteroatoms. The third-order valence-corrected chi connectivity index (χ3v) is 7.43. The van der Waals surface area contributed by atoms with Crippen LogP contribution in [-0.4, -0.2) is 32.4 Å². The van der Waals surface area contributed by atoms with Crippen LogP contribution in [-0.2, 0) is 4.79 Å². The molecule has 31 heavy (non-hydrogen) atoms. The maximum Gasteiger partial charge on any atom is 0.306 e. The number of carbonyl (C=O) groups is 1. The van der Waals surface area contributed by atoms with E-state index in [1.165, 1.54) is 82.1 Å². The number of hydrogen-bond donors (Lipinski definition) is 2. The number of unbranched alkanes of at least 4 members (excludes halogenated alkanes) is 13. The van der Waals surface area contributed by atoms with E-state index in [0.29, 0.717) is 0 Å². The zero-order valence-corrected chi connectivity index (χ0v) is 21.4. The number of piperidine rings is 1. The minimum Gasteiger partial charge on any atom is -0.481 e. The van der Waals surface area contributed by atoms with Crippen molar-refractivity contribution in [1.82, 2.24) is 5.06 Å². The zero-order valence-electron chi connectivity index (χ0n) is 21.4. The summed E-state index contributed by atoms with van der Waals surface area (Å²) in [6.07, 6.45) is 20.8. The molecule has 0 aromatic carbocycles. The Bertz CT molecular complexity index is 471. The van der Waals surface area contributed by atoms with E-state index in [0.717, 1.165) is 32.1 Å². The fourth-order valence-electron chi connectivity index (χ4n) is 5.75. The SMILES string of the molecule is CCCCCCCCCCCCCCCCC(C(=O)O)C1CC(C)(C)N(O)C(C)(C)C1. The Hall–Kier alpha value is -0.610. The van der Waals surface area contributed by atoms with Crippen molar-refractivity contribution in [1.29, 1.82) is 0 Å². The number of aliphatic carboxylic acids is 1. The summed E-state index contributed by atoms with van der Waals surface area (Å²) >= 11 is 0. The average molecular weight is 440 g/mol. The maximum absolute atomic E-state index is 12.0. The van der Waals surface area contributed by atoms with Gasteiger partial charge in [-0.05, 0) is 52.9 Å². The molecule has 0 aliphatic carbocycles. The molecule has 2 N–H and O–H groups in total. The minimum absolute atomic E-state index is 0.132. The highest BCUT2D eigenvalue weighted by Crippen LogP contribution is 2.44. The van der Waals surface area contributed by atoms with Gasteiger partial charge >= 0.3 is 5.97 Å². The molecule has 1 rings (SSSR count). The predicted octanol–water partition coefficient (Wildman–Crippen LogP) is 8.22. The number of hydroxylamine groups is 2. The summed E-state index contributed by atoms with van der Waals surface area (Å²) in [5.74, 6) is -0.810. The highest BCUT2D eigenvalue weighted by Gasteiger charge is 2.48. The Morgan fingerprint density at radius 1 is 0.774 bits per heavy atom. The van der Waals surface area contributed by atoms with Gasteiger partial charge in [-0.2, -0.15) is 5.06 Å². The second kappa shape index (κ2) is 14.5. The van der Waals surface area contributed by atoms with Gasteiger partial charge in [-0.25, -0.2) is 0 Å². The second-order valence-electron chi connectivity index (χ2n) is 11.4. The number of carboxylic acid groups (broad SMARTS) is 1. The lowest BCUT2D eigenvalue weighted by Crippen LogP contribution is -2.60. The molecule has 0 spiro atoms. The third kappa shape index (κ3) is 10.7. The van der Waals surface area contributed by atoms with E-state index in [2.05, 4.69) is 6.92 Å². The van der Waals surface area contributed by atoms with Gasteiger partial charge in [-0.15, -0.1) is 0 Å². The number of hydrogen-bond acceptors (Lipinski definition) is 3. The van der Waals surface area contributed by atoms with Crippen LogP contribution in [0.3, 0.4) is 0 Å². The van der Waals surface area contributed by atoms with Crippen LogP contribution in [0.15, 0.2) is 0 Å². The van der Waals surface area contributed by atoms with Gasteiger partial charge in [0.1, 0.15) is 0 Å². The van der Waals surface area contributed by atoms with Gasteiger partial charge in [-0.3, -0.25) is 4.79 Å². The van der Waals surface area contributed by atoms with Crippen LogP contribution in [0.5, 0.6) is 0 Å². The van der Waals surface area contributed by atoms with Crippen LogP contribution in [0.1, 0.15) is 144 Å². The van der Waals surface area contributed by atoms with Gasteiger partial charge in [0.25, 0.3) is 0 Å². The highest BCUT2D eigenvalue weighted by molar-refractivity contribution is 5.70. The number of carboxylic acids is 1. The van der Waals surface area contributed by atoms with Gasteiger partial charge in [0, 0.05) is 11.1 Å². The minimum atomic E-state index is -0.655. The smallest absolute Gasteiger partial charge is 0.306 e. The Kier molecular flexibility index (Phi) is 13.3. The molecule has 1 aliphatic rings. The van der Waals surface area contributed by atoms with Crippen molar-refractivity contribution in [2.45, 2.75) is 155 Å². The van der Waals surface area contributed by atoms with Crippen molar-refractivity contribution in [3.63, 3.8) is 0 Å². The first-order valence-corrected chi connectivity index (χ1v) is 13.3. The zero-order chi connectivity index (χ0) is 23.3. The fourth-order valence-corrected chi connectivity index (χ4v) is 5.75. The monoisotopic (exact) mass is 439 g/mol. The first-order valence-electron chi connectivity index (χ1n) is 13.3. The Morgan fingerprint density at radius 3 is 1.48 bits per heavy atom. The van der Waals surface area contributed by atoms with Crippen molar-refractivity contribution < 1.29 is 15.1 Å². The van der Waals surface area contributed by atoms with E-state index in [1.807, 2.05) is 27.7 Å². The van der Waals surface area contributed by atoms with E-state index in [9.17, 15) is 15.1 Å². The predicted molar refractivity (Wildman–Crippen MR) is 131 cm³/mol. The molecule has 1 heterocycles. The van der Waals surface area contributed by atoms with Crippen molar-refractivity contribution in [2.75, 3.05) is 0 Å². The summed E-state index contributed by atoms with van der Waals surface area (Å²) in [6.45, 7) is 10.4. The van der Waals surface area contributed by atoms with E-state index in [4.69, 9.17) is 0 Å². The molecule has 0 radical (unpaired) electrons. The molecule has 0 amide bonds. The molecule has 0 saturated carbocycles. The average Bonchev–Trinajstić information content (AvgIpc) is 2.68. The lowest BCUT2D eigenvalue weighted by molar-refractivity contribution is -0.254. The van der Waals surface area contributed by atoms with Crippen molar-refractivity contribution in [3.05, 3.63) is 0 Å². The van der Waals surface area contributed by atoms with Gasteiger partial charge in [0.15, 0.2) is 0 Å². The molecule has 1 unspecified atom stereocenters. The molecule has 4 nitrogen and oxygen atoms in total. The lowest BCUT2D eigenvalue weighted by atomic mass is 9.69. The van der Waals surface area contributed by atoms with Crippen LogP contribution >= 0.6 is 0 Å². The summed E-state index contributed by atoms with van der Waals surface area (Å²) in [6, 6.07) is 0. The summed E-state index contributed by atoms with van der Waals surface area (Å²) < 4.78 is 0. The van der Waals surface area contributed by atoms with Gasteiger partial charge in [-0.1, -0.05) is 96.8 Å². The molecule has 0 aromatic heterocycles. The Balaban J connectivity index is 2.16. The standard InChI is InChI=1S/C27H53NO3/c1-6-7-8-9-10-11-12-13-14-15-16-17-18-19-20-24(25(29)30)23-21-26(2,3)28(31)27(4,5)22-23/h23-24,31H,6-22H2,1-5H3,(H,29,30). The summed E-state index contributed by atoms with van der Waals surface area (Å²) in [7, 11) is 0. The molecule has 184 valence electrons. The van der Waals surface area contributed by atoms with Crippen molar-refractivity contribution in [2.24, 2.45) is 11.8 Å². The van der Waals surface area contributed by atoms with Crippen LogP contribution in [0, 0.1) is 11.8 Å². The van der Waals surface area contributed by atoms with Crippen LogP contribution in [0.4, 0.5) is 0 Å². The number of nitrogens with zero attached hydrogens (tertiary/aromatic N) is 1. The van der Waals surface area contributed by atoms with Crippen molar-refractivity contribution >= 4 is 5.97 Å². The third-order valence-electron chi connectivity index (χ3n) is 7.43. The van der Waals surface area contributed by atoms with Gasteiger partial charge in [0.2, 0.25) is 0 Å². The largest absolute Gasteiger partial charge is 0.481 e. The summed E-state index contributed by atoms with van der Waals surface area (Å²) in [5, 5.41) is 21.8. The van der Waals surface area contributed by atoms with Crippen LogP contribution in [0.25, 0.3) is 0 Å². The van der Waals surface area contributed by atoms with E-state index in [-0.39, 0.29) is 22.9 Å². The first-order chi connectivity index (χ1) is 14.6. The van der Waals surface area contributed by atoms with Crippen LogP contribution < -0.4 is 0 Å². The summed E-state index contributed by atoms with van der Waals surface area (Å²) in [5.41, 5.74) is -0.759. The molecular formula is C27H53NO3. The van der Waals surface area contributed by atoms with Gasteiger partial charge in [0.05, 0.1) is 5.92 Å².